The lowest BCUT2D eigenvalue weighted by Crippen LogP contribution is -2.48. The van der Waals surface area contributed by atoms with Gasteiger partial charge in [0, 0.05) is 44.7 Å². The van der Waals surface area contributed by atoms with E-state index in [1.54, 1.807) is 18.2 Å². The highest BCUT2D eigenvalue weighted by atomic mass is 35.5. The normalized spacial score (nSPS) is 14.2. The van der Waals surface area contributed by atoms with E-state index in [1.807, 2.05) is 30.3 Å². The summed E-state index contributed by atoms with van der Waals surface area (Å²) in [5.41, 5.74) is 0.648. The topological polar surface area (TPSA) is 78.7 Å². The first kappa shape index (κ1) is 25.1. The number of carbonyl (C=O) groups excluding carboxylic acids is 1. The molecule has 6 rings (SSSR count). The van der Waals surface area contributed by atoms with Crippen LogP contribution in [0.3, 0.4) is 0 Å². The van der Waals surface area contributed by atoms with E-state index in [4.69, 9.17) is 4.42 Å². The van der Waals surface area contributed by atoms with Gasteiger partial charge in [-0.2, -0.15) is 0 Å². The van der Waals surface area contributed by atoms with Crippen molar-refractivity contribution in [1.82, 2.24) is 15.2 Å². The lowest BCUT2D eigenvalue weighted by molar-refractivity contribution is 0.0944. The van der Waals surface area contributed by atoms with E-state index < -0.39 is 11.5 Å². The second-order valence-corrected chi connectivity index (χ2v) is 9.85. The summed E-state index contributed by atoms with van der Waals surface area (Å²) in [5, 5.41) is 6.46. The fraction of sp³-hybridized carbons (Fsp3) is 0.222. The molecule has 1 N–H and O–H groups in total. The van der Waals surface area contributed by atoms with E-state index >= 15 is 0 Å². The molecular formula is C27H24ClFN4O3S. The number of nitrogens with zero attached hydrogens (tertiary/aromatic N) is 3. The molecule has 10 heteroatoms. The van der Waals surface area contributed by atoms with Crippen LogP contribution >= 0.6 is 23.7 Å². The average molecular weight is 539 g/mol. The molecule has 0 saturated carbocycles. The van der Waals surface area contributed by atoms with Gasteiger partial charge in [-0.1, -0.05) is 41.7 Å². The van der Waals surface area contributed by atoms with E-state index in [2.05, 4.69) is 20.1 Å². The molecule has 1 saturated heterocycles. The van der Waals surface area contributed by atoms with Crippen molar-refractivity contribution in [3.05, 3.63) is 82.5 Å². The largest absolute Gasteiger partial charge is 0.422 e. The monoisotopic (exact) mass is 538 g/mol. The summed E-state index contributed by atoms with van der Waals surface area (Å²) in [5.74, 6) is -0.682. The van der Waals surface area contributed by atoms with Crippen molar-refractivity contribution in [2.45, 2.75) is 0 Å². The van der Waals surface area contributed by atoms with Crippen LogP contribution in [0, 0.1) is 5.82 Å². The van der Waals surface area contributed by atoms with Crippen LogP contribution in [0.5, 0.6) is 0 Å². The van der Waals surface area contributed by atoms with Gasteiger partial charge >= 0.3 is 5.63 Å². The zero-order valence-electron chi connectivity index (χ0n) is 19.8. The number of fused-ring (bicyclic) bond motifs is 4. The molecule has 2 aromatic heterocycles. The molecule has 1 amide bonds. The lowest BCUT2D eigenvalue weighted by Gasteiger charge is -2.34. The average Bonchev–Trinajstić information content (AvgIpc) is 3.31. The number of rotatable bonds is 5. The van der Waals surface area contributed by atoms with Crippen molar-refractivity contribution in [2.75, 3.05) is 44.2 Å². The van der Waals surface area contributed by atoms with Gasteiger partial charge in [0.15, 0.2) is 5.13 Å². The molecule has 1 aliphatic rings. The molecule has 0 aliphatic carbocycles. The molecule has 3 heterocycles. The Morgan fingerprint density at radius 3 is 2.68 bits per heavy atom. The van der Waals surface area contributed by atoms with Gasteiger partial charge in [-0.05, 0) is 41.1 Å². The van der Waals surface area contributed by atoms with Gasteiger partial charge in [0.25, 0.3) is 5.91 Å². The summed E-state index contributed by atoms with van der Waals surface area (Å²) < 4.78 is 19.8. The molecular weight excluding hydrogens is 515 g/mol. The molecule has 0 atom stereocenters. The van der Waals surface area contributed by atoms with Crippen molar-refractivity contribution in [3.8, 4) is 0 Å². The number of piperazine rings is 1. The van der Waals surface area contributed by atoms with Crippen molar-refractivity contribution in [2.24, 2.45) is 0 Å². The summed E-state index contributed by atoms with van der Waals surface area (Å²) in [6.07, 6.45) is 0. The van der Waals surface area contributed by atoms with Crippen LogP contribution in [-0.4, -0.2) is 55.1 Å². The number of hydrogen-bond donors (Lipinski definition) is 1. The standard InChI is InChI=1S/C27H23FN4O3S.ClH/c28-18-6-7-22-24(15-18)36-27(30-22)32-13-11-31(12-14-32)10-9-29-25(33)21-16-20-19-4-2-1-3-17(19)5-8-23(20)35-26(21)34;/h1-8,15-16H,9-14H2,(H,29,33);1H. The maximum absolute atomic E-state index is 13.5. The van der Waals surface area contributed by atoms with Crippen molar-refractivity contribution in [1.29, 1.82) is 0 Å². The van der Waals surface area contributed by atoms with E-state index in [1.165, 1.54) is 23.5 Å². The molecule has 1 aliphatic heterocycles. The minimum atomic E-state index is -0.639. The van der Waals surface area contributed by atoms with Crippen LogP contribution in [0.1, 0.15) is 10.4 Å². The summed E-state index contributed by atoms with van der Waals surface area (Å²) in [6, 6.07) is 17.7. The number of aromatic nitrogens is 1. The first-order valence-corrected chi connectivity index (χ1v) is 12.6. The van der Waals surface area contributed by atoms with Gasteiger partial charge in [-0.3, -0.25) is 9.69 Å². The first-order chi connectivity index (χ1) is 17.5. The molecule has 0 spiro atoms. The highest BCUT2D eigenvalue weighted by Gasteiger charge is 2.21. The third kappa shape index (κ3) is 5.02. The summed E-state index contributed by atoms with van der Waals surface area (Å²) in [7, 11) is 0. The quantitative estimate of drug-likeness (QED) is 0.259. The Hall–Kier alpha value is -3.53. The van der Waals surface area contributed by atoms with Crippen LogP contribution < -0.4 is 15.8 Å². The van der Waals surface area contributed by atoms with Gasteiger partial charge in [-0.15, -0.1) is 12.4 Å². The Kier molecular flexibility index (Phi) is 7.10. The summed E-state index contributed by atoms with van der Waals surface area (Å²) in [4.78, 5) is 34.4. The summed E-state index contributed by atoms with van der Waals surface area (Å²) in [6.45, 7) is 4.35. The molecule has 0 bridgehead atoms. The molecule has 0 radical (unpaired) electrons. The zero-order chi connectivity index (χ0) is 24.6. The number of halogens is 2. The molecule has 1 fully saturated rings. The SMILES string of the molecule is Cl.O=C(NCCN1CCN(c2nc3ccc(F)cc3s2)CC1)c1cc2c(ccc3ccccc32)oc1=O. The fourth-order valence-corrected chi connectivity index (χ4v) is 5.68. The van der Waals surface area contributed by atoms with Gasteiger partial charge in [0.05, 0.1) is 10.2 Å². The molecule has 0 unspecified atom stereocenters. The minimum Gasteiger partial charge on any atom is -0.422 e. The second-order valence-electron chi connectivity index (χ2n) is 8.84. The number of amides is 1. The van der Waals surface area contributed by atoms with Crippen LogP contribution in [0.2, 0.25) is 0 Å². The van der Waals surface area contributed by atoms with Crippen molar-refractivity contribution < 1.29 is 13.6 Å². The van der Waals surface area contributed by atoms with Gasteiger partial charge < -0.3 is 14.6 Å². The number of nitrogens with one attached hydrogen (secondary N) is 1. The van der Waals surface area contributed by atoms with E-state index in [0.717, 1.165) is 57.7 Å². The Balaban J connectivity index is 0.00000280. The molecule has 37 heavy (non-hydrogen) atoms. The van der Waals surface area contributed by atoms with Crippen molar-refractivity contribution >= 4 is 66.7 Å². The van der Waals surface area contributed by atoms with Gasteiger partial charge in [0.1, 0.15) is 17.0 Å². The number of anilines is 1. The van der Waals surface area contributed by atoms with Crippen LogP contribution in [0.4, 0.5) is 9.52 Å². The third-order valence-electron chi connectivity index (χ3n) is 6.58. The number of carbonyl (C=O) groups is 1. The first-order valence-electron chi connectivity index (χ1n) is 11.8. The van der Waals surface area contributed by atoms with Crippen molar-refractivity contribution in [3.63, 3.8) is 0 Å². The number of benzene rings is 3. The Labute approximate surface area is 221 Å². The highest BCUT2D eigenvalue weighted by molar-refractivity contribution is 7.22. The summed E-state index contributed by atoms with van der Waals surface area (Å²) >= 11 is 1.50. The van der Waals surface area contributed by atoms with Gasteiger partial charge in [0.2, 0.25) is 0 Å². The smallest absolute Gasteiger partial charge is 0.349 e. The Morgan fingerprint density at radius 1 is 1.03 bits per heavy atom. The predicted molar refractivity (Wildman–Crippen MR) is 148 cm³/mol. The minimum absolute atomic E-state index is 0. The zero-order valence-corrected chi connectivity index (χ0v) is 21.4. The lowest BCUT2D eigenvalue weighted by atomic mass is 10.0. The Bertz CT molecular complexity index is 1660. The molecule has 7 nitrogen and oxygen atoms in total. The molecule has 190 valence electrons. The highest BCUT2D eigenvalue weighted by Crippen LogP contribution is 2.30. The van der Waals surface area contributed by atoms with Crippen LogP contribution in [-0.2, 0) is 0 Å². The molecule has 3 aromatic carbocycles. The van der Waals surface area contributed by atoms with E-state index in [0.29, 0.717) is 18.7 Å². The fourth-order valence-electron chi connectivity index (χ4n) is 4.64. The van der Waals surface area contributed by atoms with E-state index in [-0.39, 0.29) is 23.8 Å². The van der Waals surface area contributed by atoms with E-state index in [9.17, 15) is 14.0 Å². The predicted octanol–water partition coefficient (Wildman–Crippen LogP) is 4.67. The Morgan fingerprint density at radius 2 is 1.84 bits per heavy atom. The molecule has 5 aromatic rings. The maximum Gasteiger partial charge on any atom is 0.349 e. The van der Waals surface area contributed by atoms with Crippen LogP contribution in [0.15, 0.2) is 69.9 Å². The number of thiazole rings is 1. The number of hydrogen-bond acceptors (Lipinski definition) is 7. The third-order valence-corrected chi connectivity index (χ3v) is 7.66. The maximum atomic E-state index is 13.5. The second kappa shape index (κ2) is 10.5. The van der Waals surface area contributed by atoms with Gasteiger partial charge in [-0.25, -0.2) is 14.2 Å². The van der Waals surface area contributed by atoms with Crippen LogP contribution in [0.25, 0.3) is 32.0 Å².